The number of halogens is 1. The maximum Gasteiger partial charge on any atom is 0.243 e. The average Bonchev–Trinajstić information content (AvgIpc) is 3.12. The summed E-state index contributed by atoms with van der Waals surface area (Å²) in [4.78, 5) is 12.7. The molecule has 28 heavy (non-hydrogen) atoms. The molecule has 2 N–H and O–H groups in total. The van der Waals surface area contributed by atoms with Crippen molar-refractivity contribution in [3.05, 3.63) is 53.1 Å². The summed E-state index contributed by atoms with van der Waals surface area (Å²) in [6.45, 7) is 3.80. The predicted molar refractivity (Wildman–Crippen MR) is 110 cm³/mol. The molecular weight excluding hydrogens is 420 g/mol. The summed E-state index contributed by atoms with van der Waals surface area (Å²) in [6.07, 6.45) is 0. The Balaban J connectivity index is 1.78. The molecule has 0 aliphatic carbocycles. The molecule has 3 aromatic rings. The molecule has 0 saturated carbocycles. The number of sulfonamides is 1. The Labute approximate surface area is 172 Å². The van der Waals surface area contributed by atoms with Gasteiger partial charge in [-0.1, -0.05) is 43.6 Å². The zero-order valence-corrected chi connectivity index (χ0v) is 17.6. The fourth-order valence-corrected chi connectivity index (χ4v) is 4.99. The van der Waals surface area contributed by atoms with Gasteiger partial charge in [-0.05, 0) is 35.7 Å². The first-order chi connectivity index (χ1) is 13.3. The number of nitrogens with zero attached hydrogens (tertiary/aromatic N) is 2. The van der Waals surface area contributed by atoms with Crippen molar-refractivity contribution in [1.82, 2.24) is 18.8 Å². The van der Waals surface area contributed by atoms with Crippen molar-refractivity contribution >= 4 is 50.3 Å². The summed E-state index contributed by atoms with van der Waals surface area (Å²) in [5.74, 6) is -0.677. The molecule has 1 aromatic heterocycles. The molecule has 0 unspecified atom stereocenters. The second-order valence-electron chi connectivity index (χ2n) is 6.58. The van der Waals surface area contributed by atoms with Gasteiger partial charge in [0.25, 0.3) is 0 Å². The molecule has 1 amide bonds. The molecule has 0 radical (unpaired) electrons. The van der Waals surface area contributed by atoms with Crippen LogP contribution < -0.4 is 10.0 Å². The first kappa shape index (κ1) is 20.7. The van der Waals surface area contributed by atoms with Crippen LogP contribution >= 0.6 is 23.3 Å². The number of aromatic nitrogens is 2. The molecule has 148 valence electrons. The molecule has 1 atom stereocenters. The molecule has 0 aliphatic rings. The third kappa shape index (κ3) is 4.67. The van der Waals surface area contributed by atoms with Crippen molar-refractivity contribution in [3.63, 3.8) is 0 Å². The van der Waals surface area contributed by atoms with Crippen LogP contribution in [0.1, 0.15) is 19.4 Å². The molecule has 1 heterocycles. The zero-order chi connectivity index (χ0) is 20.3. The summed E-state index contributed by atoms with van der Waals surface area (Å²) in [5, 5.41) is 3.33. The fourth-order valence-electron chi connectivity index (χ4n) is 2.67. The fraction of sp³-hybridized carbons (Fsp3) is 0.278. The smallest absolute Gasteiger partial charge is 0.243 e. The highest BCUT2D eigenvalue weighted by Crippen LogP contribution is 2.22. The van der Waals surface area contributed by atoms with E-state index in [9.17, 15) is 13.2 Å². The zero-order valence-electron chi connectivity index (χ0n) is 15.2. The Morgan fingerprint density at radius 1 is 1.18 bits per heavy atom. The van der Waals surface area contributed by atoms with Crippen LogP contribution in [-0.4, -0.2) is 29.1 Å². The van der Waals surface area contributed by atoms with Crippen LogP contribution in [0.3, 0.4) is 0 Å². The van der Waals surface area contributed by atoms with Gasteiger partial charge in [0.05, 0.1) is 11.7 Å². The van der Waals surface area contributed by atoms with Gasteiger partial charge in [-0.25, -0.2) is 8.42 Å². The number of fused-ring (bicyclic) bond motifs is 1. The molecule has 7 nitrogen and oxygen atoms in total. The summed E-state index contributed by atoms with van der Waals surface area (Å²) >= 11 is 6.89. The normalized spacial score (nSPS) is 13.0. The summed E-state index contributed by atoms with van der Waals surface area (Å²) in [6, 6.07) is 10.9. The van der Waals surface area contributed by atoms with Gasteiger partial charge in [-0.3, -0.25) is 4.79 Å². The van der Waals surface area contributed by atoms with Gasteiger partial charge in [0.15, 0.2) is 0 Å². The van der Waals surface area contributed by atoms with Crippen LogP contribution in [0.4, 0.5) is 0 Å². The van der Waals surface area contributed by atoms with Gasteiger partial charge in [0, 0.05) is 11.6 Å². The van der Waals surface area contributed by atoms with E-state index in [0.717, 1.165) is 17.3 Å². The van der Waals surface area contributed by atoms with Crippen LogP contribution in [-0.2, 0) is 21.4 Å². The van der Waals surface area contributed by atoms with Crippen molar-refractivity contribution in [2.75, 3.05) is 0 Å². The van der Waals surface area contributed by atoms with E-state index in [2.05, 4.69) is 18.8 Å². The van der Waals surface area contributed by atoms with E-state index in [0.29, 0.717) is 16.1 Å². The molecule has 2 aromatic carbocycles. The predicted octanol–water partition coefficient (Wildman–Crippen LogP) is 2.96. The molecule has 0 bridgehead atoms. The van der Waals surface area contributed by atoms with E-state index in [1.165, 1.54) is 6.07 Å². The van der Waals surface area contributed by atoms with Gasteiger partial charge in [-0.15, -0.1) is 0 Å². The highest BCUT2D eigenvalue weighted by atomic mass is 35.5. The van der Waals surface area contributed by atoms with Crippen LogP contribution in [0.2, 0.25) is 5.02 Å². The molecule has 3 rings (SSSR count). The summed E-state index contributed by atoms with van der Waals surface area (Å²) in [5.41, 5.74) is 1.62. The topological polar surface area (TPSA) is 101 Å². The minimum Gasteiger partial charge on any atom is -0.351 e. The Morgan fingerprint density at radius 2 is 1.93 bits per heavy atom. The highest BCUT2D eigenvalue weighted by Gasteiger charge is 2.29. The Morgan fingerprint density at radius 3 is 2.64 bits per heavy atom. The molecular formula is C18H19ClN4O3S2. The number of benzene rings is 2. The van der Waals surface area contributed by atoms with Crippen molar-refractivity contribution < 1.29 is 13.2 Å². The van der Waals surface area contributed by atoms with Crippen LogP contribution in [0, 0.1) is 5.92 Å². The van der Waals surface area contributed by atoms with E-state index >= 15 is 0 Å². The third-order valence-electron chi connectivity index (χ3n) is 4.13. The number of carbonyl (C=O) groups excluding carboxylic acids is 1. The van der Waals surface area contributed by atoms with Crippen molar-refractivity contribution in [3.8, 4) is 0 Å². The number of nitrogens with one attached hydrogen (secondary N) is 2. The maximum atomic E-state index is 12.9. The van der Waals surface area contributed by atoms with E-state index < -0.39 is 22.0 Å². The van der Waals surface area contributed by atoms with E-state index in [1.807, 2.05) is 6.07 Å². The lowest BCUT2D eigenvalue weighted by Crippen LogP contribution is -2.49. The monoisotopic (exact) mass is 438 g/mol. The van der Waals surface area contributed by atoms with E-state index in [4.69, 9.17) is 11.6 Å². The van der Waals surface area contributed by atoms with Crippen molar-refractivity contribution in [1.29, 1.82) is 0 Å². The lowest BCUT2D eigenvalue weighted by molar-refractivity contribution is -0.123. The minimum absolute atomic E-state index is 0.00652. The Kier molecular flexibility index (Phi) is 6.29. The van der Waals surface area contributed by atoms with Gasteiger partial charge in [-0.2, -0.15) is 13.5 Å². The standard InChI is InChI=1S/C18H19ClN4O3S2/c1-11(2)16(18(24)20-10-12-5-3-6-13(19)9-12)23-28(25,26)15-8-4-7-14-17(15)22-27-21-14/h3-9,11,16,23H,10H2,1-2H3,(H,20,24)/t16-/m1/s1. The summed E-state index contributed by atoms with van der Waals surface area (Å²) < 4.78 is 36.5. The minimum atomic E-state index is -3.96. The number of amides is 1. The molecule has 0 fully saturated rings. The SMILES string of the molecule is CC(C)[C@@H](NS(=O)(=O)c1cccc2nsnc12)C(=O)NCc1cccc(Cl)c1. The van der Waals surface area contributed by atoms with Gasteiger partial charge < -0.3 is 5.32 Å². The Bertz CT molecular complexity index is 1100. The molecule has 10 heteroatoms. The molecule has 0 spiro atoms. The number of hydrogen-bond donors (Lipinski definition) is 2. The van der Waals surface area contributed by atoms with E-state index in [1.54, 1.807) is 44.2 Å². The average molecular weight is 439 g/mol. The maximum absolute atomic E-state index is 12.9. The molecule has 0 aliphatic heterocycles. The number of carbonyl (C=O) groups is 1. The van der Waals surface area contributed by atoms with Crippen LogP contribution in [0.15, 0.2) is 47.4 Å². The van der Waals surface area contributed by atoms with Crippen LogP contribution in [0.5, 0.6) is 0 Å². The van der Waals surface area contributed by atoms with Crippen LogP contribution in [0.25, 0.3) is 11.0 Å². The first-order valence-electron chi connectivity index (χ1n) is 8.53. The highest BCUT2D eigenvalue weighted by molar-refractivity contribution is 7.89. The number of hydrogen-bond acceptors (Lipinski definition) is 6. The summed E-state index contributed by atoms with van der Waals surface area (Å²) in [7, 11) is -3.96. The quantitative estimate of drug-likeness (QED) is 0.590. The number of rotatable bonds is 7. The van der Waals surface area contributed by atoms with Gasteiger partial charge in [0.1, 0.15) is 22.0 Å². The second-order valence-corrected chi connectivity index (χ2v) is 9.23. The first-order valence-corrected chi connectivity index (χ1v) is 11.1. The van der Waals surface area contributed by atoms with Crippen molar-refractivity contribution in [2.24, 2.45) is 5.92 Å². The lowest BCUT2D eigenvalue weighted by Gasteiger charge is -2.21. The van der Waals surface area contributed by atoms with Gasteiger partial charge in [0.2, 0.25) is 15.9 Å². The molecule has 0 saturated heterocycles. The second kappa shape index (κ2) is 8.52. The Hall–Kier alpha value is -2.07. The van der Waals surface area contributed by atoms with Crippen molar-refractivity contribution in [2.45, 2.75) is 31.3 Å². The van der Waals surface area contributed by atoms with Gasteiger partial charge >= 0.3 is 0 Å². The lowest BCUT2D eigenvalue weighted by atomic mass is 10.0. The third-order valence-corrected chi connectivity index (χ3v) is 6.38. The largest absolute Gasteiger partial charge is 0.351 e. The van der Waals surface area contributed by atoms with E-state index in [-0.39, 0.29) is 17.4 Å².